The maximum atomic E-state index is 12.2. The van der Waals surface area contributed by atoms with Crippen molar-refractivity contribution < 1.29 is 8.42 Å². The molecule has 20 heavy (non-hydrogen) atoms. The number of nitrogens with one attached hydrogen (secondary N) is 1. The highest BCUT2D eigenvalue weighted by molar-refractivity contribution is 7.92. The first-order chi connectivity index (χ1) is 9.31. The standard InChI is InChI=1S/C13H10Cl3NO2S/c1-8-2-4-9(5-3-8)20(18,19)17-11-7-6-10(14)12(15)13(11)16/h2-7,17H,1H3. The van der Waals surface area contributed by atoms with E-state index in [0.717, 1.165) is 5.56 Å². The monoisotopic (exact) mass is 349 g/mol. The van der Waals surface area contributed by atoms with E-state index in [9.17, 15) is 8.42 Å². The molecule has 106 valence electrons. The minimum absolute atomic E-state index is 0.0647. The summed E-state index contributed by atoms with van der Waals surface area (Å²) in [7, 11) is -3.72. The first-order valence-electron chi connectivity index (χ1n) is 5.54. The molecule has 1 N–H and O–H groups in total. The summed E-state index contributed by atoms with van der Waals surface area (Å²) >= 11 is 17.7. The van der Waals surface area contributed by atoms with Gasteiger partial charge in [0, 0.05) is 0 Å². The number of sulfonamides is 1. The minimum Gasteiger partial charge on any atom is -0.278 e. The summed E-state index contributed by atoms with van der Waals surface area (Å²) in [6.45, 7) is 1.87. The third-order valence-corrected chi connectivity index (χ3v) is 5.29. The van der Waals surface area contributed by atoms with Crippen LogP contribution >= 0.6 is 34.8 Å². The van der Waals surface area contributed by atoms with E-state index in [1.807, 2.05) is 6.92 Å². The summed E-state index contributed by atoms with van der Waals surface area (Å²) in [5.74, 6) is 0. The molecule has 0 aliphatic carbocycles. The zero-order valence-electron chi connectivity index (χ0n) is 10.3. The number of hydrogen-bond acceptors (Lipinski definition) is 2. The molecule has 0 unspecified atom stereocenters. The van der Waals surface area contributed by atoms with E-state index in [-0.39, 0.29) is 25.7 Å². The van der Waals surface area contributed by atoms with Crippen LogP contribution in [0.15, 0.2) is 41.3 Å². The fourth-order valence-electron chi connectivity index (χ4n) is 1.53. The number of rotatable bonds is 3. The average Bonchev–Trinajstić information content (AvgIpc) is 2.40. The normalized spacial score (nSPS) is 11.4. The van der Waals surface area contributed by atoms with Crippen molar-refractivity contribution in [2.45, 2.75) is 11.8 Å². The fraction of sp³-hybridized carbons (Fsp3) is 0.0769. The van der Waals surface area contributed by atoms with Gasteiger partial charge in [-0.2, -0.15) is 0 Å². The Bertz CT molecular complexity index is 743. The zero-order valence-corrected chi connectivity index (χ0v) is 13.4. The van der Waals surface area contributed by atoms with E-state index in [2.05, 4.69) is 4.72 Å². The molecule has 0 bridgehead atoms. The molecule has 2 aromatic rings. The molecule has 0 aliphatic rings. The van der Waals surface area contributed by atoms with Gasteiger partial charge >= 0.3 is 0 Å². The smallest absolute Gasteiger partial charge is 0.261 e. The Hall–Kier alpha value is -0.940. The zero-order chi connectivity index (χ0) is 14.9. The molecule has 0 heterocycles. The predicted octanol–water partition coefficient (Wildman–Crippen LogP) is 4.76. The van der Waals surface area contributed by atoms with Crippen molar-refractivity contribution >= 4 is 50.5 Å². The summed E-state index contributed by atoms with van der Waals surface area (Å²) in [5, 5.41) is 0.433. The van der Waals surface area contributed by atoms with Crippen molar-refractivity contribution in [2.24, 2.45) is 0 Å². The van der Waals surface area contributed by atoms with Gasteiger partial charge < -0.3 is 0 Å². The Labute approximate surface area is 132 Å². The molecule has 0 aliphatic heterocycles. The Morgan fingerprint density at radius 3 is 2.10 bits per heavy atom. The van der Waals surface area contributed by atoms with Gasteiger partial charge in [-0.1, -0.05) is 52.5 Å². The van der Waals surface area contributed by atoms with Crippen LogP contribution in [0, 0.1) is 6.92 Å². The van der Waals surface area contributed by atoms with Gasteiger partial charge in [0.25, 0.3) is 10.0 Å². The second kappa shape index (κ2) is 5.82. The van der Waals surface area contributed by atoms with Crippen LogP contribution in [0.2, 0.25) is 15.1 Å². The topological polar surface area (TPSA) is 46.2 Å². The lowest BCUT2D eigenvalue weighted by molar-refractivity contribution is 0.601. The maximum Gasteiger partial charge on any atom is 0.261 e. The molecule has 0 amide bonds. The van der Waals surface area contributed by atoms with E-state index >= 15 is 0 Å². The molecule has 7 heteroatoms. The first kappa shape index (κ1) is 15.4. The van der Waals surface area contributed by atoms with Crippen LogP contribution in [0.3, 0.4) is 0 Å². The van der Waals surface area contributed by atoms with Crippen molar-refractivity contribution in [1.82, 2.24) is 0 Å². The second-order valence-corrected chi connectivity index (χ2v) is 6.99. The number of hydrogen-bond donors (Lipinski definition) is 1. The van der Waals surface area contributed by atoms with Crippen molar-refractivity contribution in [3.63, 3.8) is 0 Å². The molecular weight excluding hydrogens is 341 g/mol. The number of halogens is 3. The highest BCUT2D eigenvalue weighted by Gasteiger charge is 2.17. The molecule has 0 spiro atoms. The van der Waals surface area contributed by atoms with Crippen LogP contribution in [0.5, 0.6) is 0 Å². The van der Waals surface area contributed by atoms with Crippen LogP contribution in [0.4, 0.5) is 5.69 Å². The Morgan fingerprint density at radius 2 is 1.50 bits per heavy atom. The van der Waals surface area contributed by atoms with Gasteiger partial charge in [0.1, 0.15) is 0 Å². The van der Waals surface area contributed by atoms with E-state index in [1.165, 1.54) is 24.3 Å². The number of benzene rings is 2. The van der Waals surface area contributed by atoms with Gasteiger partial charge in [-0.05, 0) is 31.2 Å². The molecule has 0 atom stereocenters. The molecule has 0 fully saturated rings. The van der Waals surface area contributed by atoms with Gasteiger partial charge in [0.2, 0.25) is 0 Å². The molecule has 2 rings (SSSR count). The van der Waals surface area contributed by atoms with Crippen molar-refractivity contribution in [2.75, 3.05) is 4.72 Å². The Kier molecular flexibility index (Phi) is 4.49. The Balaban J connectivity index is 2.38. The summed E-state index contributed by atoms with van der Waals surface area (Å²) in [6, 6.07) is 9.40. The second-order valence-electron chi connectivity index (χ2n) is 4.14. The molecule has 3 nitrogen and oxygen atoms in total. The van der Waals surface area contributed by atoms with E-state index in [4.69, 9.17) is 34.8 Å². The average molecular weight is 351 g/mol. The highest BCUT2D eigenvalue weighted by Crippen LogP contribution is 2.36. The summed E-state index contributed by atoms with van der Waals surface area (Å²) in [6.07, 6.45) is 0. The molecule has 0 radical (unpaired) electrons. The van der Waals surface area contributed by atoms with Gasteiger partial charge in [-0.3, -0.25) is 4.72 Å². The molecular formula is C13H10Cl3NO2S. The summed E-state index contributed by atoms with van der Waals surface area (Å²) in [4.78, 5) is 0.144. The highest BCUT2D eigenvalue weighted by atomic mass is 35.5. The van der Waals surface area contributed by atoms with Crippen LogP contribution in [0.1, 0.15) is 5.56 Å². The van der Waals surface area contributed by atoms with E-state index in [0.29, 0.717) is 0 Å². The number of anilines is 1. The fourth-order valence-corrected chi connectivity index (χ4v) is 3.24. The van der Waals surface area contributed by atoms with Crippen LogP contribution < -0.4 is 4.72 Å². The van der Waals surface area contributed by atoms with Crippen LogP contribution in [-0.2, 0) is 10.0 Å². The number of aryl methyl sites for hydroxylation is 1. The first-order valence-corrected chi connectivity index (χ1v) is 8.16. The van der Waals surface area contributed by atoms with Gasteiger partial charge in [-0.15, -0.1) is 0 Å². The van der Waals surface area contributed by atoms with E-state index < -0.39 is 10.0 Å². The summed E-state index contributed by atoms with van der Waals surface area (Å²) in [5.41, 5.74) is 1.15. The van der Waals surface area contributed by atoms with Crippen molar-refractivity contribution in [3.8, 4) is 0 Å². The van der Waals surface area contributed by atoms with Crippen molar-refractivity contribution in [1.29, 1.82) is 0 Å². The van der Waals surface area contributed by atoms with Gasteiger partial charge in [0.05, 0.1) is 25.7 Å². The third kappa shape index (κ3) is 3.20. The third-order valence-electron chi connectivity index (χ3n) is 2.61. The van der Waals surface area contributed by atoms with E-state index in [1.54, 1.807) is 12.1 Å². The van der Waals surface area contributed by atoms with Gasteiger partial charge in [-0.25, -0.2) is 8.42 Å². The lowest BCUT2D eigenvalue weighted by Gasteiger charge is -2.11. The predicted molar refractivity (Wildman–Crippen MR) is 83.5 cm³/mol. The molecule has 2 aromatic carbocycles. The SMILES string of the molecule is Cc1ccc(S(=O)(=O)Nc2ccc(Cl)c(Cl)c2Cl)cc1. The Morgan fingerprint density at radius 1 is 0.900 bits per heavy atom. The maximum absolute atomic E-state index is 12.2. The molecule has 0 saturated heterocycles. The molecule has 0 aromatic heterocycles. The lowest BCUT2D eigenvalue weighted by Crippen LogP contribution is -2.13. The largest absolute Gasteiger partial charge is 0.278 e. The minimum atomic E-state index is -3.72. The summed E-state index contributed by atoms with van der Waals surface area (Å²) < 4.78 is 26.8. The lowest BCUT2D eigenvalue weighted by atomic mass is 10.2. The van der Waals surface area contributed by atoms with Gasteiger partial charge in [0.15, 0.2) is 0 Å². The van der Waals surface area contributed by atoms with Crippen molar-refractivity contribution in [3.05, 3.63) is 57.0 Å². The van der Waals surface area contributed by atoms with Crippen LogP contribution in [0.25, 0.3) is 0 Å². The van der Waals surface area contributed by atoms with Crippen LogP contribution in [-0.4, -0.2) is 8.42 Å². The quantitative estimate of drug-likeness (QED) is 0.811. The molecule has 0 saturated carbocycles.